The Morgan fingerprint density at radius 2 is 2.13 bits per heavy atom. The van der Waals surface area contributed by atoms with Crippen molar-refractivity contribution in [3.05, 3.63) is 41.7 Å². The van der Waals surface area contributed by atoms with Crippen LogP contribution in [0.2, 0.25) is 0 Å². The fraction of sp³-hybridized carbons (Fsp3) is 0.286. The van der Waals surface area contributed by atoms with Gasteiger partial charge < -0.3 is 16.0 Å². The van der Waals surface area contributed by atoms with E-state index in [9.17, 15) is 9.59 Å². The molecule has 1 aromatic carbocycles. The Morgan fingerprint density at radius 3 is 3.00 bits per heavy atom. The molecule has 1 fully saturated rings. The third kappa shape index (κ3) is 3.48. The number of anilines is 2. The molecule has 1 saturated heterocycles. The number of nitrogen functional groups attached to an aromatic ring is 1. The topological polar surface area (TPSA) is 130 Å². The Kier molecular flexibility index (Phi) is 4.78. The zero-order chi connectivity index (χ0) is 21.5. The lowest BCUT2D eigenvalue weighted by Gasteiger charge is -2.38. The lowest BCUT2D eigenvalue weighted by Crippen LogP contribution is -2.46. The highest BCUT2D eigenvalue weighted by Crippen LogP contribution is 2.35. The van der Waals surface area contributed by atoms with Gasteiger partial charge in [-0.25, -0.2) is 9.97 Å². The van der Waals surface area contributed by atoms with Gasteiger partial charge in [-0.2, -0.15) is 5.10 Å². The van der Waals surface area contributed by atoms with Crippen LogP contribution in [-0.2, 0) is 9.59 Å². The van der Waals surface area contributed by atoms with Crippen molar-refractivity contribution in [3.63, 3.8) is 0 Å². The van der Waals surface area contributed by atoms with Crippen molar-refractivity contribution >= 4 is 55.8 Å². The van der Waals surface area contributed by atoms with Crippen LogP contribution in [0, 0.1) is 5.92 Å². The van der Waals surface area contributed by atoms with E-state index in [-0.39, 0.29) is 11.9 Å². The first-order valence-corrected chi connectivity index (χ1v) is 10.9. The summed E-state index contributed by atoms with van der Waals surface area (Å²) in [5.41, 5.74) is 10.5. The van der Waals surface area contributed by atoms with Crippen LogP contribution in [0.3, 0.4) is 0 Å². The van der Waals surface area contributed by atoms with E-state index >= 15 is 0 Å². The van der Waals surface area contributed by atoms with Crippen LogP contribution in [0.25, 0.3) is 21.1 Å². The third-order valence-corrected chi connectivity index (χ3v) is 6.59. The molecule has 0 bridgehead atoms. The average Bonchev–Trinajstić information content (AvgIpc) is 3.44. The summed E-state index contributed by atoms with van der Waals surface area (Å²) in [6, 6.07) is 5.90. The molecule has 2 amide bonds. The predicted octanol–water partition coefficient (Wildman–Crippen LogP) is 3.09. The maximum atomic E-state index is 13.2. The predicted molar refractivity (Wildman–Crippen MR) is 119 cm³/mol. The molecule has 1 unspecified atom stereocenters. The Balaban J connectivity index is 1.42. The summed E-state index contributed by atoms with van der Waals surface area (Å²) in [6.45, 7) is 2.62. The minimum atomic E-state index is -0.706. The van der Waals surface area contributed by atoms with Crippen LogP contribution in [0.15, 0.2) is 36.1 Å². The summed E-state index contributed by atoms with van der Waals surface area (Å²) in [7, 11) is 0. The summed E-state index contributed by atoms with van der Waals surface area (Å²) in [5, 5.41) is 9.99. The number of carbonyl (C=O) groups is 2. The van der Waals surface area contributed by atoms with Gasteiger partial charge in [-0.15, -0.1) is 11.3 Å². The van der Waals surface area contributed by atoms with Crippen molar-refractivity contribution in [3.8, 4) is 0 Å². The minimum absolute atomic E-state index is 0.168. The molecule has 4 aromatic rings. The molecule has 4 N–H and O–H groups in total. The standard InChI is InChI=1S/C21H21N7O2S/c1-11-2-4-16(12-3-5-17-14(6-12)24-10-31-17)28(9-11)21(30)20(29)26-15-8-23-19(22)18-13(15)7-25-27-18/h3,5-8,10-11,16H,2,4,9H2,1H3,(H2,22,23)(H,25,27)(H,26,29)/t11?,16-/m1/s1. The number of aromatic amines is 1. The van der Waals surface area contributed by atoms with Crippen LogP contribution in [-0.4, -0.2) is 43.4 Å². The third-order valence-electron chi connectivity index (χ3n) is 5.78. The quantitative estimate of drug-likeness (QED) is 0.415. The lowest BCUT2D eigenvalue weighted by atomic mass is 9.89. The fourth-order valence-corrected chi connectivity index (χ4v) is 4.82. The van der Waals surface area contributed by atoms with E-state index in [1.165, 1.54) is 6.20 Å². The number of benzene rings is 1. The number of hydrogen-bond donors (Lipinski definition) is 3. The van der Waals surface area contributed by atoms with Gasteiger partial charge in [0.15, 0.2) is 0 Å². The highest BCUT2D eigenvalue weighted by Gasteiger charge is 2.34. The molecule has 2 atom stereocenters. The van der Waals surface area contributed by atoms with Gasteiger partial charge in [-0.1, -0.05) is 13.0 Å². The first kappa shape index (κ1) is 19.4. The molecule has 9 nitrogen and oxygen atoms in total. The van der Waals surface area contributed by atoms with Crippen molar-refractivity contribution in [2.75, 3.05) is 17.6 Å². The summed E-state index contributed by atoms with van der Waals surface area (Å²) in [6.07, 6.45) is 4.76. The average molecular weight is 436 g/mol. The van der Waals surface area contributed by atoms with E-state index in [1.807, 2.05) is 23.7 Å². The molecule has 0 aliphatic carbocycles. The second kappa shape index (κ2) is 7.62. The number of rotatable bonds is 2. The van der Waals surface area contributed by atoms with Crippen molar-refractivity contribution in [2.24, 2.45) is 5.92 Å². The van der Waals surface area contributed by atoms with Gasteiger partial charge in [-0.3, -0.25) is 14.7 Å². The van der Waals surface area contributed by atoms with E-state index in [1.54, 1.807) is 22.4 Å². The van der Waals surface area contributed by atoms with Crippen LogP contribution < -0.4 is 11.1 Å². The van der Waals surface area contributed by atoms with Gasteiger partial charge in [-0.05, 0) is 36.5 Å². The summed E-state index contributed by atoms with van der Waals surface area (Å²) >= 11 is 1.58. The van der Waals surface area contributed by atoms with Crippen LogP contribution >= 0.6 is 11.3 Å². The molecular formula is C21H21N7O2S. The van der Waals surface area contributed by atoms with Crippen LogP contribution in [0.1, 0.15) is 31.4 Å². The first-order chi connectivity index (χ1) is 15.0. The minimum Gasteiger partial charge on any atom is -0.382 e. The Labute approximate surface area is 181 Å². The van der Waals surface area contributed by atoms with E-state index < -0.39 is 11.8 Å². The maximum absolute atomic E-state index is 13.2. The number of likely N-dealkylation sites (tertiary alicyclic amines) is 1. The SMILES string of the molecule is CC1CC[C@H](c2ccc3scnc3c2)N(C(=O)C(=O)Nc2cnc(N)c3[nH]ncc23)C1. The summed E-state index contributed by atoms with van der Waals surface area (Å²) in [4.78, 5) is 36.3. The zero-order valence-electron chi connectivity index (χ0n) is 16.8. The number of fused-ring (bicyclic) bond motifs is 2. The molecule has 4 heterocycles. The number of hydrogen-bond acceptors (Lipinski definition) is 7. The second-order valence-corrected chi connectivity index (χ2v) is 8.79. The van der Waals surface area contributed by atoms with Gasteiger partial charge in [0.1, 0.15) is 11.3 Å². The number of nitrogens with zero attached hydrogens (tertiary/aromatic N) is 4. The van der Waals surface area contributed by atoms with Crippen molar-refractivity contribution in [1.82, 2.24) is 25.1 Å². The zero-order valence-corrected chi connectivity index (χ0v) is 17.6. The Morgan fingerprint density at radius 1 is 1.26 bits per heavy atom. The number of carbonyl (C=O) groups excluding carboxylic acids is 2. The largest absolute Gasteiger partial charge is 0.382 e. The second-order valence-electron chi connectivity index (χ2n) is 7.91. The fourth-order valence-electron chi connectivity index (χ4n) is 4.17. The first-order valence-electron chi connectivity index (χ1n) is 10.0. The number of piperidine rings is 1. The molecular weight excluding hydrogens is 414 g/mol. The lowest BCUT2D eigenvalue weighted by molar-refractivity contribution is -0.146. The molecule has 3 aromatic heterocycles. The number of pyridine rings is 1. The van der Waals surface area contributed by atoms with Crippen molar-refractivity contribution < 1.29 is 9.59 Å². The molecule has 158 valence electrons. The van der Waals surface area contributed by atoms with Crippen LogP contribution in [0.4, 0.5) is 11.5 Å². The van der Waals surface area contributed by atoms with Gasteiger partial charge in [0, 0.05) is 11.9 Å². The maximum Gasteiger partial charge on any atom is 0.313 e. The van der Waals surface area contributed by atoms with E-state index in [4.69, 9.17) is 5.73 Å². The number of thiazole rings is 1. The molecule has 0 spiro atoms. The van der Waals surface area contributed by atoms with Gasteiger partial charge in [0.05, 0.1) is 39.9 Å². The van der Waals surface area contributed by atoms with Gasteiger partial charge >= 0.3 is 11.8 Å². The number of H-pyrrole nitrogens is 1. The van der Waals surface area contributed by atoms with Gasteiger partial charge in [0.2, 0.25) is 0 Å². The number of nitrogens with two attached hydrogens (primary N) is 1. The Bertz CT molecular complexity index is 1300. The monoisotopic (exact) mass is 435 g/mol. The number of aromatic nitrogens is 4. The number of nitrogens with one attached hydrogen (secondary N) is 2. The molecule has 0 radical (unpaired) electrons. The molecule has 0 saturated carbocycles. The molecule has 1 aliphatic rings. The van der Waals surface area contributed by atoms with Crippen molar-refractivity contribution in [2.45, 2.75) is 25.8 Å². The van der Waals surface area contributed by atoms with Crippen LogP contribution in [0.5, 0.6) is 0 Å². The molecule has 5 rings (SSSR count). The molecule has 31 heavy (non-hydrogen) atoms. The van der Waals surface area contributed by atoms with E-state index in [2.05, 4.69) is 32.4 Å². The molecule has 1 aliphatic heterocycles. The highest BCUT2D eigenvalue weighted by atomic mass is 32.1. The summed E-state index contributed by atoms with van der Waals surface area (Å²) < 4.78 is 1.10. The van der Waals surface area contributed by atoms with Gasteiger partial charge in [0.25, 0.3) is 0 Å². The molecule has 10 heteroatoms. The highest BCUT2D eigenvalue weighted by molar-refractivity contribution is 7.16. The van der Waals surface area contributed by atoms with E-state index in [0.29, 0.717) is 29.1 Å². The normalized spacial score (nSPS) is 19.1. The Hall–Kier alpha value is -3.53. The number of amides is 2. The summed E-state index contributed by atoms with van der Waals surface area (Å²) in [5.74, 6) is -0.680. The smallest absolute Gasteiger partial charge is 0.313 e. The van der Waals surface area contributed by atoms with E-state index in [0.717, 1.165) is 28.6 Å². The van der Waals surface area contributed by atoms with Crippen molar-refractivity contribution in [1.29, 1.82) is 0 Å².